The highest BCUT2D eigenvalue weighted by atomic mass is 32.1. The SMILES string of the molecule is CC(=O)N1CCC([C@@H](NC(=O)c2cccs2)C(=O)NCC(C)C)CC1. The van der Waals surface area contributed by atoms with Crippen molar-refractivity contribution in [3.63, 3.8) is 0 Å². The molecule has 0 unspecified atom stereocenters. The minimum atomic E-state index is -0.567. The normalized spacial score (nSPS) is 16.6. The summed E-state index contributed by atoms with van der Waals surface area (Å²) in [5.41, 5.74) is 0. The number of likely N-dealkylation sites (tertiary alicyclic amines) is 1. The van der Waals surface area contributed by atoms with Crippen LogP contribution in [0, 0.1) is 11.8 Å². The molecule has 0 aliphatic carbocycles. The molecule has 3 amide bonds. The fourth-order valence-corrected chi connectivity index (χ4v) is 3.61. The van der Waals surface area contributed by atoms with E-state index in [0.29, 0.717) is 43.3 Å². The van der Waals surface area contributed by atoms with Crippen LogP contribution in [-0.2, 0) is 9.59 Å². The number of hydrogen-bond donors (Lipinski definition) is 2. The number of amides is 3. The zero-order valence-corrected chi connectivity index (χ0v) is 15.9. The molecule has 0 radical (unpaired) electrons. The Morgan fingerprint density at radius 2 is 1.96 bits per heavy atom. The Kier molecular flexibility index (Phi) is 6.99. The number of nitrogens with zero attached hydrogens (tertiary/aromatic N) is 1. The predicted molar refractivity (Wildman–Crippen MR) is 98.4 cm³/mol. The highest BCUT2D eigenvalue weighted by Gasteiger charge is 2.33. The molecule has 6 nitrogen and oxygen atoms in total. The largest absolute Gasteiger partial charge is 0.354 e. The average molecular weight is 365 g/mol. The third-order valence-corrected chi connectivity index (χ3v) is 5.32. The molecule has 2 rings (SSSR count). The number of carbonyl (C=O) groups excluding carboxylic acids is 3. The van der Waals surface area contributed by atoms with Gasteiger partial charge in [-0.3, -0.25) is 14.4 Å². The van der Waals surface area contributed by atoms with Gasteiger partial charge in [-0.15, -0.1) is 11.3 Å². The van der Waals surface area contributed by atoms with Crippen molar-refractivity contribution in [3.05, 3.63) is 22.4 Å². The van der Waals surface area contributed by atoms with Gasteiger partial charge in [-0.05, 0) is 36.1 Å². The van der Waals surface area contributed by atoms with E-state index in [0.717, 1.165) is 0 Å². The number of thiophene rings is 1. The van der Waals surface area contributed by atoms with Crippen molar-refractivity contribution >= 4 is 29.1 Å². The van der Waals surface area contributed by atoms with Gasteiger partial charge >= 0.3 is 0 Å². The van der Waals surface area contributed by atoms with Gasteiger partial charge in [-0.1, -0.05) is 19.9 Å². The maximum absolute atomic E-state index is 12.7. The lowest BCUT2D eigenvalue weighted by Gasteiger charge is -2.35. The third kappa shape index (κ3) is 5.56. The molecule has 0 bridgehead atoms. The molecule has 1 aromatic heterocycles. The summed E-state index contributed by atoms with van der Waals surface area (Å²) in [6.45, 7) is 7.46. The van der Waals surface area contributed by atoms with Crippen molar-refractivity contribution in [3.8, 4) is 0 Å². The first-order valence-corrected chi connectivity index (χ1v) is 9.64. The first kappa shape index (κ1) is 19.4. The monoisotopic (exact) mass is 365 g/mol. The summed E-state index contributed by atoms with van der Waals surface area (Å²) < 4.78 is 0. The van der Waals surface area contributed by atoms with Gasteiger partial charge in [0, 0.05) is 26.6 Å². The minimum Gasteiger partial charge on any atom is -0.354 e. The molecular weight excluding hydrogens is 338 g/mol. The van der Waals surface area contributed by atoms with Crippen LogP contribution in [0.15, 0.2) is 17.5 Å². The lowest BCUT2D eigenvalue weighted by atomic mass is 9.88. The van der Waals surface area contributed by atoms with E-state index in [2.05, 4.69) is 10.6 Å². The number of hydrogen-bond acceptors (Lipinski definition) is 4. The smallest absolute Gasteiger partial charge is 0.262 e. The van der Waals surface area contributed by atoms with Crippen molar-refractivity contribution < 1.29 is 14.4 Å². The second kappa shape index (κ2) is 8.99. The molecule has 1 aromatic rings. The van der Waals surface area contributed by atoms with Crippen molar-refractivity contribution in [1.82, 2.24) is 15.5 Å². The van der Waals surface area contributed by atoms with Crippen LogP contribution in [0.5, 0.6) is 0 Å². The third-order valence-electron chi connectivity index (χ3n) is 4.45. The maximum Gasteiger partial charge on any atom is 0.262 e. The Morgan fingerprint density at radius 3 is 2.48 bits per heavy atom. The molecule has 138 valence electrons. The first-order valence-electron chi connectivity index (χ1n) is 8.76. The minimum absolute atomic E-state index is 0.0340. The van der Waals surface area contributed by atoms with Crippen LogP contribution in [0.1, 0.15) is 43.3 Å². The molecule has 1 aliphatic heterocycles. The van der Waals surface area contributed by atoms with Crippen LogP contribution in [-0.4, -0.2) is 48.3 Å². The highest BCUT2D eigenvalue weighted by Crippen LogP contribution is 2.22. The lowest BCUT2D eigenvalue weighted by molar-refractivity contribution is -0.130. The fourth-order valence-electron chi connectivity index (χ4n) is 2.98. The number of carbonyl (C=O) groups is 3. The van der Waals surface area contributed by atoms with Crippen LogP contribution in [0.4, 0.5) is 0 Å². The Hall–Kier alpha value is -1.89. The van der Waals surface area contributed by atoms with Crippen LogP contribution < -0.4 is 10.6 Å². The van der Waals surface area contributed by atoms with E-state index in [1.165, 1.54) is 11.3 Å². The molecule has 0 spiro atoms. The molecule has 25 heavy (non-hydrogen) atoms. The zero-order chi connectivity index (χ0) is 18.4. The molecule has 2 heterocycles. The van der Waals surface area contributed by atoms with Crippen molar-refractivity contribution in [1.29, 1.82) is 0 Å². The van der Waals surface area contributed by atoms with Gasteiger partial charge < -0.3 is 15.5 Å². The number of rotatable bonds is 6. The van der Waals surface area contributed by atoms with Crippen LogP contribution >= 0.6 is 11.3 Å². The van der Waals surface area contributed by atoms with E-state index in [1.807, 2.05) is 25.3 Å². The summed E-state index contributed by atoms with van der Waals surface area (Å²) in [5, 5.41) is 7.69. The highest BCUT2D eigenvalue weighted by molar-refractivity contribution is 7.12. The number of nitrogens with one attached hydrogen (secondary N) is 2. The van der Waals surface area contributed by atoms with Crippen LogP contribution in [0.25, 0.3) is 0 Å². The molecule has 1 saturated heterocycles. The molecule has 1 atom stereocenters. The summed E-state index contributed by atoms with van der Waals surface area (Å²) >= 11 is 1.36. The van der Waals surface area contributed by atoms with Gasteiger partial charge in [0.15, 0.2) is 0 Å². The van der Waals surface area contributed by atoms with Gasteiger partial charge in [0.05, 0.1) is 4.88 Å². The average Bonchev–Trinajstić information content (AvgIpc) is 3.12. The lowest BCUT2D eigenvalue weighted by Crippen LogP contribution is -2.54. The summed E-state index contributed by atoms with van der Waals surface area (Å²) in [6.07, 6.45) is 1.42. The quantitative estimate of drug-likeness (QED) is 0.808. The standard InChI is InChI=1S/C18H27N3O3S/c1-12(2)11-19-18(24)16(20-17(23)15-5-4-10-25-15)14-6-8-21(9-7-14)13(3)22/h4-5,10,12,14,16H,6-9,11H2,1-3H3,(H,19,24)(H,20,23)/t16-/m1/s1. The van der Waals surface area contributed by atoms with E-state index in [-0.39, 0.29) is 23.6 Å². The summed E-state index contributed by atoms with van der Waals surface area (Å²) in [6, 6.07) is 3.00. The van der Waals surface area contributed by atoms with Gasteiger partial charge in [-0.25, -0.2) is 0 Å². The van der Waals surface area contributed by atoms with Crippen molar-refractivity contribution in [2.24, 2.45) is 11.8 Å². The molecule has 0 saturated carbocycles. The fraction of sp³-hybridized carbons (Fsp3) is 0.611. The van der Waals surface area contributed by atoms with Gasteiger partial charge in [-0.2, -0.15) is 0 Å². The van der Waals surface area contributed by atoms with Crippen LogP contribution in [0.2, 0.25) is 0 Å². The second-order valence-electron chi connectivity index (χ2n) is 6.91. The molecular formula is C18H27N3O3S. The zero-order valence-electron chi connectivity index (χ0n) is 15.1. The molecule has 1 fully saturated rings. The van der Waals surface area contributed by atoms with Gasteiger partial charge in [0.1, 0.15) is 6.04 Å². The van der Waals surface area contributed by atoms with E-state index in [1.54, 1.807) is 17.9 Å². The Balaban J connectivity index is 2.05. The van der Waals surface area contributed by atoms with E-state index < -0.39 is 6.04 Å². The Bertz CT molecular complexity index is 593. The van der Waals surface area contributed by atoms with Crippen molar-refractivity contribution in [2.45, 2.75) is 39.7 Å². The first-order chi connectivity index (χ1) is 11.9. The predicted octanol–water partition coefficient (Wildman–Crippen LogP) is 1.88. The topological polar surface area (TPSA) is 78.5 Å². The molecule has 7 heteroatoms. The summed E-state index contributed by atoms with van der Waals surface area (Å²) in [4.78, 5) is 39.0. The summed E-state index contributed by atoms with van der Waals surface area (Å²) in [5.74, 6) is 0.0827. The molecule has 0 aromatic carbocycles. The van der Waals surface area contributed by atoms with E-state index in [9.17, 15) is 14.4 Å². The summed E-state index contributed by atoms with van der Waals surface area (Å²) in [7, 11) is 0. The molecule has 1 aliphatic rings. The van der Waals surface area contributed by atoms with Gasteiger partial charge in [0.2, 0.25) is 11.8 Å². The molecule has 2 N–H and O–H groups in total. The van der Waals surface area contributed by atoms with Crippen molar-refractivity contribution in [2.75, 3.05) is 19.6 Å². The maximum atomic E-state index is 12.7. The van der Waals surface area contributed by atoms with E-state index in [4.69, 9.17) is 0 Å². The number of piperidine rings is 1. The second-order valence-corrected chi connectivity index (χ2v) is 7.86. The Morgan fingerprint density at radius 1 is 1.28 bits per heavy atom. The van der Waals surface area contributed by atoms with E-state index >= 15 is 0 Å². The Labute approximate surface area is 153 Å². The van der Waals surface area contributed by atoms with Crippen LogP contribution in [0.3, 0.4) is 0 Å². The van der Waals surface area contributed by atoms with Gasteiger partial charge in [0.25, 0.3) is 5.91 Å².